The second kappa shape index (κ2) is 7.74. The summed E-state index contributed by atoms with van der Waals surface area (Å²) in [7, 11) is 3.55. The molecule has 0 aliphatic carbocycles. The number of hydrogen-bond donors (Lipinski definition) is 2. The number of halogens is 1. The summed E-state index contributed by atoms with van der Waals surface area (Å²) in [5.74, 6) is 0.424. The van der Waals surface area contributed by atoms with E-state index in [1.807, 2.05) is 14.0 Å². The molecule has 5 heteroatoms. The number of ether oxygens (including phenoxy) is 1. The Kier molecular flexibility index (Phi) is 5.71. The third-order valence-electron chi connectivity index (χ3n) is 3.92. The van der Waals surface area contributed by atoms with Gasteiger partial charge in [0.15, 0.2) is 6.54 Å². The zero-order chi connectivity index (χ0) is 16.8. The number of hydrogen-bond acceptors (Lipinski definition) is 2. The van der Waals surface area contributed by atoms with Crippen LogP contribution in [0.25, 0.3) is 0 Å². The predicted octanol–water partition coefficient (Wildman–Crippen LogP) is 2.05. The maximum Gasteiger partial charge on any atom is 0.279 e. The largest absolute Gasteiger partial charge is 0.497 e. The molecule has 0 spiro atoms. The third-order valence-corrected chi connectivity index (χ3v) is 3.92. The first-order valence-electron chi connectivity index (χ1n) is 7.51. The van der Waals surface area contributed by atoms with Crippen LogP contribution in [0.1, 0.15) is 18.5 Å². The van der Waals surface area contributed by atoms with Crippen LogP contribution in [0.4, 0.5) is 10.1 Å². The molecule has 23 heavy (non-hydrogen) atoms. The Morgan fingerprint density at radius 3 is 2.35 bits per heavy atom. The molecule has 1 unspecified atom stereocenters. The van der Waals surface area contributed by atoms with Crippen molar-refractivity contribution in [3.05, 3.63) is 59.9 Å². The lowest BCUT2D eigenvalue weighted by Crippen LogP contribution is -3.10. The highest BCUT2D eigenvalue weighted by molar-refractivity contribution is 5.91. The van der Waals surface area contributed by atoms with Crippen LogP contribution in [-0.2, 0) is 4.79 Å². The summed E-state index contributed by atoms with van der Waals surface area (Å²) in [5.41, 5.74) is 1.74. The standard InChI is InChI=1S/C18H21FN2O2/c1-13(14-4-6-15(19)7-5-14)21(2)12-18(22)20-16-8-10-17(23-3)11-9-16/h4-11,13H,12H2,1-3H3,(H,20,22)/p+1/t13-/m1/s1. The predicted molar refractivity (Wildman–Crippen MR) is 88.2 cm³/mol. The number of quaternary nitrogens is 1. The number of carbonyl (C=O) groups is 1. The third kappa shape index (κ3) is 4.79. The Bertz CT molecular complexity index is 641. The first kappa shape index (κ1) is 17.0. The first-order chi connectivity index (χ1) is 11.0. The smallest absolute Gasteiger partial charge is 0.279 e. The van der Waals surface area contributed by atoms with Crippen molar-refractivity contribution in [1.29, 1.82) is 0 Å². The Hall–Kier alpha value is -2.40. The van der Waals surface area contributed by atoms with Crippen LogP contribution in [0.2, 0.25) is 0 Å². The molecule has 2 N–H and O–H groups in total. The Morgan fingerprint density at radius 2 is 1.78 bits per heavy atom. The molecule has 2 aromatic carbocycles. The van der Waals surface area contributed by atoms with Crippen molar-refractivity contribution in [2.75, 3.05) is 26.0 Å². The highest BCUT2D eigenvalue weighted by Crippen LogP contribution is 2.14. The van der Waals surface area contributed by atoms with Gasteiger partial charge < -0.3 is 15.0 Å². The van der Waals surface area contributed by atoms with Gasteiger partial charge in [-0.3, -0.25) is 4.79 Å². The van der Waals surface area contributed by atoms with Crippen molar-refractivity contribution >= 4 is 11.6 Å². The monoisotopic (exact) mass is 317 g/mol. The molecule has 4 nitrogen and oxygen atoms in total. The number of likely N-dealkylation sites (N-methyl/N-ethyl adjacent to an activating group) is 1. The second-order valence-corrected chi connectivity index (χ2v) is 5.57. The van der Waals surface area contributed by atoms with E-state index in [0.29, 0.717) is 6.54 Å². The lowest BCUT2D eigenvalue weighted by molar-refractivity contribution is -0.902. The van der Waals surface area contributed by atoms with E-state index >= 15 is 0 Å². The van der Waals surface area contributed by atoms with E-state index in [0.717, 1.165) is 21.9 Å². The van der Waals surface area contributed by atoms with Gasteiger partial charge in [-0.25, -0.2) is 4.39 Å². The lowest BCUT2D eigenvalue weighted by atomic mass is 10.1. The van der Waals surface area contributed by atoms with Crippen molar-refractivity contribution in [2.45, 2.75) is 13.0 Å². The minimum Gasteiger partial charge on any atom is -0.497 e. The number of amides is 1. The number of carbonyl (C=O) groups excluding carboxylic acids is 1. The number of nitrogens with one attached hydrogen (secondary N) is 2. The molecular weight excluding hydrogens is 295 g/mol. The van der Waals surface area contributed by atoms with Crippen LogP contribution in [0.15, 0.2) is 48.5 Å². The van der Waals surface area contributed by atoms with E-state index in [1.165, 1.54) is 12.1 Å². The van der Waals surface area contributed by atoms with E-state index in [1.54, 1.807) is 43.5 Å². The van der Waals surface area contributed by atoms with Crippen LogP contribution in [-0.4, -0.2) is 26.6 Å². The van der Waals surface area contributed by atoms with Gasteiger partial charge in [-0.15, -0.1) is 0 Å². The van der Waals surface area contributed by atoms with Crippen LogP contribution in [0.3, 0.4) is 0 Å². The minimum atomic E-state index is -0.254. The highest BCUT2D eigenvalue weighted by atomic mass is 19.1. The van der Waals surface area contributed by atoms with E-state index in [9.17, 15) is 9.18 Å². The molecule has 0 aliphatic heterocycles. The number of anilines is 1. The maximum atomic E-state index is 13.0. The fourth-order valence-electron chi connectivity index (χ4n) is 2.32. The van der Waals surface area contributed by atoms with Crippen molar-refractivity contribution in [1.82, 2.24) is 0 Å². The average Bonchev–Trinajstić information content (AvgIpc) is 2.55. The molecule has 0 aromatic heterocycles. The molecule has 2 rings (SSSR count). The van der Waals surface area contributed by atoms with Gasteiger partial charge >= 0.3 is 0 Å². The Labute approximate surface area is 135 Å². The molecule has 0 radical (unpaired) electrons. The van der Waals surface area contributed by atoms with Gasteiger partial charge in [0.25, 0.3) is 5.91 Å². The highest BCUT2D eigenvalue weighted by Gasteiger charge is 2.18. The zero-order valence-corrected chi connectivity index (χ0v) is 13.6. The normalized spacial score (nSPS) is 13.2. The molecule has 0 saturated carbocycles. The topological polar surface area (TPSA) is 42.8 Å². The van der Waals surface area contributed by atoms with Crippen molar-refractivity contribution < 1.29 is 18.8 Å². The molecule has 1 amide bonds. The molecule has 0 fully saturated rings. The van der Waals surface area contributed by atoms with Crippen LogP contribution in [0.5, 0.6) is 5.75 Å². The molecule has 0 bridgehead atoms. The summed E-state index contributed by atoms with van der Waals surface area (Å²) >= 11 is 0. The van der Waals surface area contributed by atoms with Crippen molar-refractivity contribution in [2.24, 2.45) is 0 Å². The molecule has 0 saturated heterocycles. The summed E-state index contributed by atoms with van der Waals surface area (Å²) in [6.45, 7) is 2.34. The number of rotatable bonds is 6. The van der Waals surface area contributed by atoms with Gasteiger partial charge in [-0.05, 0) is 43.3 Å². The van der Waals surface area contributed by atoms with Gasteiger partial charge in [0.1, 0.15) is 17.6 Å². The quantitative estimate of drug-likeness (QED) is 0.856. The zero-order valence-electron chi connectivity index (χ0n) is 13.6. The lowest BCUT2D eigenvalue weighted by Gasteiger charge is -2.21. The van der Waals surface area contributed by atoms with Gasteiger partial charge in [0.05, 0.1) is 14.2 Å². The van der Waals surface area contributed by atoms with Crippen molar-refractivity contribution in [3.8, 4) is 5.75 Å². The molecule has 2 atom stereocenters. The molecular formula is C18H22FN2O2+. The summed E-state index contributed by atoms with van der Waals surface area (Å²) in [4.78, 5) is 13.2. The van der Waals surface area contributed by atoms with Gasteiger partial charge in [-0.1, -0.05) is 12.1 Å². The fourth-order valence-corrected chi connectivity index (χ4v) is 2.32. The molecule has 122 valence electrons. The van der Waals surface area contributed by atoms with Crippen LogP contribution >= 0.6 is 0 Å². The second-order valence-electron chi connectivity index (χ2n) is 5.57. The average molecular weight is 317 g/mol. The van der Waals surface area contributed by atoms with E-state index < -0.39 is 0 Å². The van der Waals surface area contributed by atoms with E-state index in [2.05, 4.69) is 5.32 Å². The maximum absolute atomic E-state index is 13.0. The summed E-state index contributed by atoms with van der Waals surface area (Å²) in [5, 5.41) is 2.86. The first-order valence-corrected chi connectivity index (χ1v) is 7.51. The van der Waals surface area contributed by atoms with Crippen LogP contribution < -0.4 is 15.0 Å². The summed E-state index contributed by atoms with van der Waals surface area (Å²) < 4.78 is 18.1. The Balaban J connectivity index is 1.91. The molecule has 0 heterocycles. The van der Waals surface area contributed by atoms with Crippen molar-refractivity contribution in [3.63, 3.8) is 0 Å². The van der Waals surface area contributed by atoms with Gasteiger partial charge in [-0.2, -0.15) is 0 Å². The van der Waals surface area contributed by atoms with Gasteiger partial charge in [0, 0.05) is 11.3 Å². The Morgan fingerprint density at radius 1 is 1.17 bits per heavy atom. The van der Waals surface area contributed by atoms with Crippen LogP contribution in [0, 0.1) is 5.82 Å². The number of methoxy groups -OCH3 is 1. The summed E-state index contributed by atoms with van der Waals surface area (Å²) in [6, 6.07) is 13.7. The van der Waals surface area contributed by atoms with E-state index in [4.69, 9.17) is 4.74 Å². The van der Waals surface area contributed by atoms with Gasteiger partial charge in [0.2, 0.25) is 0 Å². The molecule has 2 aromatic rings. The fraction of sp³-hybridized carbons (Fsp3) is 0.278. The minimum absolute atomic E-state index is 0.0679. The number of benzene rings is 2. The summed E-state index contributed by atoms with van der Waals surface area (Å²) in [6.07, 6.45) is 0. The van der Waals surface area contributed by atoms with E-state index in [-0.39, 0.29) is 17.8 Å². The SMILES string of the molecule is COc1ccc(NC(=O)C[NH+](C)[C@H](C)c2ccc(F)cc2)cc1. The molecule has 0 aliphatic rings.